The minimum Gasteiger partial charge on any atom is -0.483 e. The molecule has 4 N–H and O–H groups in total. The van der Waals surface area contributed by atoms with Gasteiger partial charge in [0.05, 0.1) is 11.4 Å². The summed E-state index contributed by atoms with van der Waals surface area (Å²) in [5.41, 5.74) is 5.81. The van der Waals surface area contributed by atoms with Crippen LogP contribution in [0.5, 0.6) is 0 Å². The average Bonchev–Trinajstić information content (AvgIpc) is 2.88. The maximum absolute atomic E-state index is 13.5. The number of rotatable bonds is 7. The standard InChI is InChI=1S/C19H21F3N4.C7H12O.CH2O2/c1-26(2)13-14-8-10-16(11-9-14)24-17(12-23)18(19(20,21)22)25-15-6-4-3-5-7-15;8-6-7-4-2-1-3-5-7;2-1-3/h3-12,24H,13,23H2,1-2H3;6-7H,1-5H2;1H,(H,2,3)/b17-12+,25-18?;;. The quantitative estimate of drug-likeness (QED) is 0.316. The highest BCUT2D eigenvalue weighted by molar-refractivity contribution is 6.07. The maximum atomic E-state index is 13.5. The topological polar surface area (TPSA) is 108 Å². The first-order valence-electron chi connectivity index (χ1n) is 11.8. The number of halogens is 3. The number of benzene rings is 2. The molecular weight excluding hydrogens is 485 g/mol. The molecule has 7 nitrogen and oxygen atoms in total. The highest BCUT2D eigenvalue weighted by Gasteiger charge is 2.38. The van der Waals surface area contributed by atoms with Crippen LogP contribution in [-0.4, -0.2) is 48.7 Å². The van der Waals surface area contributed by atoms with E-state index in [1.165, 1.54) is 31.4 Å². The largest absolute Gasteiger partial charge is 0.483 e. The summed E-state index contributed by atoms with van der Waals surface area (Å²) in [5.74, 6) is 0.406. The van der Waals surface area contributed by atoms with Crippen LogP contribution < -0.4 is 11.1 Å². The monoisotopic (exact) mass is 520 g/mol. The zero-order chi connectivity index (χ0) is 27.7. The molecule has 0 saturated heterocycles. The molecule has 1 aliphatic carbocycles. The summed E-state index contributed by atoms with van der Waals surface area (Å²) in [7, 11) is 3.88. The van der Waals surface area contributed by atoms with E-state index in [2.05, 4.69) is 10.3 Å². The van der Waals surface area contributed by atoms with Crippen LogP contribution in [0.25, 0.3) is 0 Å². The molecule has 1 fully saturated rings. The van der Waals surface area contributed by atoms with Crippen molar-refractivity contribution in [3.63, 3.8) is 0 Å². The third-order valence-electron chi connectivity index (χ3n) is 5.26. The molecule has 1 saturated carbocycles. The lowest BCUT2D eigenvalue weighted by molar-refractivity contribution is -0.122. The van der Waals surface area contributed by atoms with Gasteiger partial charge in [-0.1, -0.05) is 49.6 Å². The molecule has 2 aromatic carbocycles. The van der Waals surface area contributed by atoms with Crippen molar-refractivity contribution in [2.75, 3.05) is 19.4 Å². The zero-order valence-electron chi connectivity index (χ0n) is 21.1. The Hall–Kier alpha value is -3.66. The Morgan fingerprint density at radius 3 is 2.05 bits per heavy atom. The smallest absolute Gasteiger partial charge is 0.435 e. The van der Waals surface area contributed by atoms with E-state index < -0.39 is 11.9 Å². The SMILES string of the molecule is CN(C)Cc1ccc(N/C(=C/N)C(=Nc2ccccc2)C(F)(F)F)cc1.O=CC1CCCCC1.O=CO. The van der Waals surface area contributed by atoms with Crippen molar-refractivity contribution in [3.05, 3.63) is 72.1 Å². The van der Waals surface area contributed by atoms with Crippen molar-refractivity contribution in [1.82, 2.24) is 4.90 Å². The van der Waals surface area contributed by atoms with Gasteiger partial charge in [-0.25, -0.2) is 4.99 Å². The molecule has 0 amide bonds. The van der Waals surface area contributed by atoms with Gasteiger partial charge >= 0.3 is 6.18 Å². The van der Waals surface area contributed by atoms with E-state index in [0.29, 0.717) is 11.6 Å². The minimum atomic E-state index is -4.65. The molecule has 37 heavy (non-hydrogen) atoms. The molecule has 1 aliphatic rings. The summed E-state index contributed by atoms with van der Waals surface area (Å²) in [4.78, 5) is 24.3. The van der Waals surface area contributed by atoms with Gasteiger partial charge in [0.15, 0.2) is 5.71 Å². The number of allylic oxidation sites excluding steroid dienone is 1. The molecule has 0 unspecified atom stereocenters. The third-order valence-corrected chi connectivity index (χ3v) is 5.26. The van der Waals surface area contributed by atoms with Crippen molar-refractivity contribution in [2.45, 2.75) is 44.8 Å². The predicted molar refractivity (Wildman–Crippen MR) is 141 cm³/mol. The second-order valence-electron chi connectivity index (χ2n) is 8.57. The van der Waals surface area contributed by atoms with Crippen molar-refractivity contribution in [3.8, 4) is 0 Å². The fraction of sp³-hybridized carbons (Fsp3) is 0.370. The van der Waals surface area contributed by atoms with Crippen LogP contribution in [0.2, 0.25) is 0 Å². The second kappa shape index (κ2) is 16.9. The van der Waals surface area contributed by atoms with Gasteiger partial charge < -0.3 is 25.9 Å². The molecule has 2 aromatic rings. The second-order valence-corrected chi connectivity index (χ2v) is 8.57. The number of carboxylic acid groups (broad SMARTS) is 1. The fourth-order valence-corrected chi connectivity index (χ4v) is 3.57. The molecule has 0 heterocycles. The van der Waals surface area contributed by atoms with Gasteiger partial charge in [-0.15, -0.1) is 0 Å². The van der Waals surface area contributed by atoms with Gasteiger partial charge in [0.2, 0.25) is 0 Å². The number of alkyl halides is 3. The fourth-order valence-electron chi connectivity index (χ4n) is 3.57. The van der Waals surface area contributed by atoms with E-state index in [1.807, 2.05) is 31.1 Å². The first kappa shape index (κ1) is 31.4. The number of nitrogens with zero attached hydrogens (tertiary/aromatic N) is 2. The summed E-state index contributed by atoms with van der Waals surface area (Å²) in [5, 5.41) is 9.60. The summed E-state index contributed by atoms with van der Waals surface area (Å²) in [6.45, 7) is 0.489. The highest BCUT2D eigenvalue weighted by Crippen LogP contribution is 2.27. The van der Waals surface area contributed by atoms with Gasteiger partial charge in [-0.3, -0.25) is 4.79 Å². The van der Waals surface area contributed by atoms with E-state index >= 15 is 0 Å². The number of nitrogens with one attached hydrogen (secondary N) is 1. The van der Waals surface area contributed by atoms with Crippen LogP contribution >= 0.6 is 0 Å². The maximum Gasteiger partial charge on any atom is 0.435 e. The molecule has 0 bridgehead atoms. The van der Waals surface area contributed by atoms with E-state index in [9.17, 15) is 18.0 Å². The van der Waals surface area contributed by atoms with Gasteiger partial charge in [0, 0.05) is 24.4 Å². The molecule has 0 aromatic heterocycles. The van der Waals surface area contributed by atoms with E-state index in [1.54, 1.807) is 30.3 Å². The van der Waals surface area contributed by atoms with Crippen LogP contribution in [0.1, 0.15) is 37.7 Å². The number of carbonyl (C=O) groups is 2. The lowest BCUT2D eigenvalue weighted by Crippen LogP contribution is -2.29. The molecule has 10 heteroatoms. The Balaban J connectivity index is 0.000000516. The number of aldehydes is 1. The molecular formula is C27H35F3N4O3. The summed E-state index contributed by atoms with van der Waals surface area (Å²) in [6, 6.07) is 15.0. The van der Waals surface area contributed by atoms with Crippen LogP contribution in [-0.2, 0) is 16.1 Å². The average molecular weight is 521 g/mol. The number of carbonyl (C=O) groups excluding carboxylic acids is 1. The van der Waals surface area contributed by atoms with Crippen molar-refractivity contribution in [2.24, 2.45) is 16.6 Å². The molecule has 202 valence electrons. The van der Waals surface area contributed by atoms with Gasteiger partial charge in [-0.05, 0) is 56.8 Å². The van der Waals surface area contributed by atoms with Crippen LogP contribution in [0, 0.1) is 5.92 Å². The first-order valence-corrected chi connectivity index (χ1v) is 11.8. The van der Waals surface area contributed by atoms with Gasteiger partial charge in [0.1, 0.15) is 6.29 Å². The lowest BCUT2D eigenvalue weighted by Gasteiger charge is -2.16. The Labute approximate surface area is 215 Å². The van der Waals surface area contributed by atoms with Crippen molar-refractivity contribution >= 4 is 29.8 Å². The summed E-state index contributed by atoms with van der Waals surface area (Å²) in [6.07, 6.45) is 3.49. The number of anilines is 1. The van der Waals surface area contributed by atoms with Crippen molar-refractivity contribution < 1.29 is 27.9 Å². The molecule has 3 rings (SSSR count). The minimum absolute atomic E-state index is 0.197. The van der Waals surface area contributed by atoms with E-state index in [4.69, 9.17) is 15.6 Å². The number of aliphatic imine (C=N–C) groups is 1. The molecule has 0 radical (unpaired) electrons. The molecule has 0 atom stereocenters. The zero-order valence-corrected chi connectivity index (χ0v) is 21.1. The number of nitrogens with two attached hydrogens (primary N) is 1. The number of hydrogen-bond acceptors (Lipinski definition) is 6. The van der Waals surface area contributed by atoms with E-state index in [0.717, 1.165) is 37.4 Å². The summed E-state index contributed by atoms with van der Waals surface area (Å²) < 4.78 is 40.4. The molecule has 0 spiro atoms. The van der Waals surface area contributed by atoms with Crippen LogP contribution in [0.15, 0.2) is 71.5 Å². The lowest BCUT2D eigenvalue weighted by atomic mass is 9.91. The predicted octanol–water partition coefficient (Wildman–Crippen LogP) is 5.76. The Morgan fingerprint density at radius 2 is 1.62 bits per heavy atom. The first-order chi connectivity index (χ1) is 17.6. The highest BCUT2D eigenvalue weighted by atomic mass is 19.4. The van der Waals surface area contributed by atoms with E-state index in [-0.39, 0.29) is 17.9 Å². The Morgan fingerprint density at radius 1 is 1.05 bits per heavy atom. The van der Waals surface area contributed by atoms with Gasteiger partial charge in [0.25, 0.3) is 6.47 Å². The van der Waals surface area contributed by atoms with Crippen LogP contribution in [0.4, 0.5) is 24.5 Å². The van der Waals surface area contributed by atoms with Gasteiger partial charge in [-0.2, -0.15) is 13.2 Å². The normalized spacial score (nSPS) is 14.5. The number of para-hydroxylation sites is 1. The third kappa shape index (κ3) is 12.7. The van der Waals surface area contributed by atoms with Crippen LogP contribution in [0.3, 0.4) is 0 Å². The summed E-state index contributed by atoms with van der Waals surface area (Å²) >= 11 is 0. The number of hydrogen-bond donors (Lipinski definition) is 3. The molecule has 0 aliphatic heterocycles. The Kier molecular flexibility index (Phi) is 14.3. The Bertz CT molecular complexity index is 986. The van der Waals surface area contributed by atoms with Crippen molar-refractivity contribution in [1.29, 1.82) is 0 Å².